The van der Waals surface area contributed by atoms with Crippen LogP contribution in [0, 0.1) is 34.0 Å². The van der Waals surface area contributed by atoms with E-state index in [0.29, 0.717) is 0 Å². The molecule has 0 spiro atoms. The molecular formula is C22H33NO3. The summed E-state index contributed by atoms with van der Waals surface area (Å²) in [6, 6.07) is 2.01. The fraction of sp³-hybridized carbons (Fsp3) is 0.682. The quantitative estimate of drug-likeness (QED) is 0.696. The van der Waals surface area contributed by atoms with E-state index in [4.69, 9.17) is 0 Å². The number of fused-ring (bicyclic) bond motifs is 3. The Morgan fingerprint density at radius 1 is 1.19 bits per heavy atom. The molecule has 4 nitrogen and oxygen atoms in total. The second-order valence-electron chi connectivity index (χ2n) is 7.41. The number of nitrogens with zero attached hydrogens (tertiary/aromatic N) is 1. The molecule has 0 amide bonds. The third-order valence-electron chi connectivity index (χ3n) is 6.22. The molecule has 1 N–H and O–H groups in total. The van der Waals surface area contributed by atoms with Crippen molar-refractivity contribution in [1.29, 1.82) is 5.26 Å². The molecule has 1 fully saturated rings. The number of aliphatic hydroxyl groups is 1. The largest absolute Gasteiger partial charge is 0.392 e. The van der Waals surface area contributed by atoms with Gasteiger partial charge >= 0.3 is 0 Å². The second kappa shape index (κ2) is 8.31. The van der Waals surface area contributed by atoms with Gasteiger partial charge < -0.3 is 5.11 Å². The zero-order valence-electron chi connectivity index (χ0n) is 17.2. The zero-order chi connectivity index (χ0) is 20.3. The number of allylic oxidation sites excluding steroid dienone is 3. The summed E-state index contributed by atoms with van der Waals surface area (Å²) in [7, 11) is 0. The third-order valence-corrected chi connectivity index (χ3v) is 6.22. The van der Waals surface area contributed by atoms with Gasteiger partial charge in [0.15, 0.2) is 11.6 Å². The van der Waals surface area contributed by atoms with Crippen LogP contribution < -0.4 is 0 Å². The lowest BCUT2D eigenvalue weighted by molar-refractivity contribution is -0.125. The average molecular weight is 360 g/mol. The van der Waals surface area contributed by atoms with E-state index < -0.39 is 16.9 Å². The van der Waals surface area contributed by atoms with Gasteiger partial charge in [-0.25, -0.2) is 0 Å². The van der Waals surface area contributed by atoms with Gasteiger partial charge in [-0.1, -0.05) is 54.5 Å². The molecular weight excluding hydrogens is 326 g/mol. The number of carbonyl (C=O) groups excluding carboxylic acids is 2. The van der Waals surface area contributed by atoms with Crippen LogP contribution in [0.4, 0.5) is 0 Å². The Hall–Kier alpha value is -1.73. The molecule has 1 saturated carbocycles. The van der Waals surface area contributed by atoms with Gasteiger partial charge in [0.1, 0.15) is 6.07 Å². The van der Waals surface area contributed by atoms with Crippen LogP contribution in [0.15, 0.2) is 23.3 Å². The molecule has 5 atom stereocenters. The molecule has 3 aliphatic rings. The highest BCUT2D eigenvalue weighted by atomic mass is 16.3. The normalized spacial score (nSPS) is 38.0. The maximum atomic E-state index is 12.3. The lowest BCUT2D eigenvalue weighted by Crippen LogP contribution is -2.53. The van der Waals surface area contributed by atoms with Crippen molar-refractivity contribution in [3.05, 3.63) is 23.3 Å². The molecule has 0 radical (unpaired) electrons. The smallest absolute Gasteiger partial charge is 0.176 e. The van der Waals surface area contributed by atoms with Crippen LogP contribution in [-0.2, 0) is 9.59 Å². The summed E-state index contributed by atoms with van der Waals surface area (Å²) < 4.78 is 0. The number of carbonyl (C=O) groups is 2. The Labute approximate surface area is 158 Å². The first-order chi connectivity index (χ1) is 12.2. The average Bonchev–Trinajstić information content (AvgIpc) is 2.64. The molecule has 0 bridgehead atoms. The van der Waals surface area contributed by atoms with E-state index in [9.17, 15) is 20.0 Å². The van der Waals surface area contributed by atoms with Gasteiger partial charge in [-0.3, -0.25) is 9.59 Å². The fourth-order valence-electron chi connectivity index (χ4n) is 4.85. The van der Waals surface area contributed by atoms with Crippen molar-refractivity contribution >= 4 is 11.6 Å². The fourth-order valence-corrected chi connectivity index (χ4v) is 4.85. The van der Waals surface area contributed by atoms with Gasteiger partial charge in [0, 0.05) is 23.2 Å². The van der Waals surface area contributed by atoms with E-state index in [1.807, 2.05) is 54.5 Å². The minimum absolute atomic E-state index is 0.0710. The van der Waals surface area contributed by atoms with Crippen LogP contribution in [0.25, 0.3) is 0 Å². The predicted molar refractivity (Wildman–Crippen MR) is 103 cm³/mol. The molecule has 5 unspecified atom stereocenters. The number of nitriles is 1. The van der Waals surface area contributed by atoms with Gasteiger partial charge in [0.05, 0.1) is 11.7 Å². The van der Waals surface area contributed by atoms with Crippen molar-refractivity contribution in [3.63, 3.8) is 0 Å². The first kappa shape index (κ1) is 22.3. The molecule has 0 heterocycles. The van der Waals surface area contributed by atoms with Gasteiger partial charge in [-0.2, -0.15) is 5.26 Å². The van der Waals surface area contributed by atoms with E-state index in [2.05, 4.69) is 0 Å². The molecule has 0 aromatic rings. The minimum atomic E-state index is -0.690. The topological polar surface area (TPSA) is 78.2 Å². The summed E-state index contributed by atoms with van der Waals surface area (Å²) in [6.45, 7) is 13.9. The SMILES string of the molecule is CC.CC.CC1C(=O)C(C#N)=CC2(C)C3=CC(=O)CC(O)C3(C)CCC12. The highest BCUT2D eigenvalue weighted by Gasteiger charge is 2.57. The van der Waals surface area contributed by atoms with Crippen LogP contribution >= 0.6 is 0 Å². The summed E-state index contributed by atoms with van der Waals surface area (Å²) in [5.74, 6) is -0.325. The lowest BCUT2D eigenvalue weighted by atomic mass is 9.47. The lowest BCUT2D eigenvalue weighted by Gasteiger charge is -2.56. The summed E-state index contributed by atoms with van der Waals surface area (Å²) in [4.78, 5) is 24.3. The van der Waals surface area contributed by atoms with E-state index in [0.717, 1.165) is 18.4 Å². The molecule has 26 heavy (non-hydrogen) atoms. The van der Waals surface area contributed by atoms with Gasteiger partial charge in [0.2, 0.25) is 0 Å². The second-order valence-corrected chi connectivity index (χ2v) is 7.41. The Kier molecular flexibility index (Phi) is 7.13. The summed E-state index contributed by atoms with van der Waals surface area (Å²) in [6.07, 6.45) is 4.45. The number of aliphatic hydroxyl groups excluding tert-OH is 1. The maximum Gasteiger partial charge on any atom is 0.176 e. The number of hydrogen-bond donors (Lipinski definition) is 1. The van der Waals surface area contributed by atoms with Gasteiger partial charge in [-0.15, -0.1) is 0 Å². The van der Waals surface area contributed by atoms with Gasteiger partial charge in [0.25, 0.3) is 0 Å². The molecule has 0 aromatic carbocycles. The van der Waals surface area contributed by atoms with Crippen molar-refractivity contribution in [1.82, 2.24) is 0 Å². The van der Waals surface area contributed by atoms with Crippen molar-refractivity contribution in [2.45, 2.75) is 73.8 Å². The van der Waals surface area contributed by atoms with Crippen LogP contribution in [0.5, 0.6) is 0 Å². The summed E-state index contributed by atoms with van der Waals surface area (Å²) in [5, 5.41) is 19.7. The maximum absolute atomic E-state index is 12.3. The van der Waals surface area contributed by atoms with Crippen LogP contribution in [0.1, 0.15) is 67.7 Å². The van der Waals surface area contributed by atoms with Crippen LogP contribution in [0.2, 0.25) is 0 Å². The Balaban J connectivity index is 0.000000791. The number of Topliss-reactive ketones (excluding diaryl/α,β-unsaturated/α-hetero) is 1. The minimum Gasteiger partial charge on any atom is -0.392 e. The number of hydrogen-bond acceptors (Lipinski definition) is 4. The molecule has 0 aliphatic heterocycles. The Morgan fingerprint density at radius 3 is 2.31 bits per heavy atom. The highest BCUT2D eigenvalue weighted by molar-refractivity contribution is 6.02. The monoisotopic (exact) mass is 359 g/mol. The van der Waals surface area contributed by atoms with E-state index in [1.165, 1.54) is 0 Å². The third kappa shape index (κ3) is 3.30. The zero-order valence-corrected chi connectivity index (χ0v) is 17.2. The Morgan fingerprint density at radius 2 is 1.77 bits per heavy atom. The van der Waals surface area contributed by atoms with Gasteiger partial charge in [-0.05, 0) is 30.4 Å². The highest BCUT2D eigenvalue weighted by Crippen LogP contribution is 2.61. The standard InChI is InChI=1S/C18H21NO3.2C2H6/c1-10-13-4-5-17(2)14(6-12(20)7-15(17)21)18(13,3)8-11(9-19)16(10)22;2*1-2/h6,8,10,13,15,21H,4-5,7H2,1-3H3;2*1-2H3. The molecule has 4 heteroatoms. The van der Waals surface area contributed by atoms with Crippen molar-refractivity contribution in [2.75, 3.05) is 0 Å². The first-order valence-electron chi connectivity index (χ1n) is 9.85. The molecule has 3 aliphatic carbocycles. The Bertz CT molecular complexity index is 669. The van der Waals surface area contributed by atoms with Crippen molar-refractivity contribution < 1.29 is 14.7 Å². The first-order valence-corrected chi connectivity index (χ1v) is 9.85. The number of ketones is 2. The van der Waals surface area contributed by atoms with Crippen molar-refractivity contribution in [2.24, 2.45) is 22.7 Å². The van der Waals surface area contributed by atoms with Crippen molar-refractivity contribution in [3.8, 4) is 6.07 Å². The predicted octanol–water partition coefficient (Wildman–Crippen LogP) is 4.39. The molecule has 3 rings (SSSR count). The summed E-state index contributed by atoms with van der Waals surface area (Å²) in [5.41, 5.74) is 0.120. The molecule has 144 valence electrons. The van der Waals surface area contributed by atoms with Crippen LogP contribution in [0.3, 0.4) is 0 Å². The van der Waals surface area contributed by atoms with Crippen LogP contribution in [-0.4, -0.2) is 22.8 Å². The molecule has 0 saturated heterocycles. The summed E-state index contributed by atoms with van der Waals surface area (Å²) >= 11 is 0. The number of rotatable bonds is 0. The van der Waals surface area contributed by atoms with E-state index in [-0.39, 0.29) is 35.4 Å². The van der Waals surface area contributed by atoms with E-state index in [1.54, 1.807) is 12.2 Å². The van der Waals surface area contributed by atoms with E-state index >= 15 is 0 Å². The molecule has 0 aromatic heterocycles.